The van der Waals surface area contributed by atoms with Crippen LogP contribution in [0.3, 0.4) is 0 Å². The number of fused-ring (bicyclic) bond motifs is 1. The maximum absolute atomic E-state index is 12.2. The van der Waals surface area contributed by atoms with Crippen LogP contribution in [0.15, 0.2) is 0 Å². The molecule has 3 aliphatic heterocycles. The van der Waals surface area contributed by atoms with Crippen molar-refractivity contribution in [3.63, 3.8) is 0 Å². The molecule has 0 aromatic carbocycles. The summed E-state index contributed by atoms with van der Waals surface area (Å²) in [6.07, 6.45) is 3.05. The average Bonchev–Trinajstić information content (AvgIpc) is 3.15. The molecule has 1 unspecified atom stereocenters. The molecule has 4 rings (SSSR count). The number of nitrogens with one attached hydrogen (secondary N) is 1. The monoisotopic (exact) mass is 417 g/mol. The van der Waals surface area contributed by atoms with E-state index in [1.165, 1.54) is 13.3 Å². The maximum atomic E-state index is 12.2. The zero-order chi connectivity index (χ0) is 21.3. The van der Waals surface area contributed by atoms with E-state index in [2.05, 4.69) is 22.2 Å². The van der Waals surface area contributed by atoms with Gasteiger partial charge in [-0.1, -0.05) is 0 Å². The van der Waals surface area contributed by atoms with E-state index in [4.69, 9.17) is 15.5 Å². The first-order valence-corrected chi connectivity index (χ1v) is 10.7. The van der Waals surface area contributed by atoms with Crippen molar-refractivity contribution >= 4 is 17.6 Å². The number of nitrogens with zero attached hydrogens (tertiary/aromatic N) is 5. The van der Waals surface area contributed by atoms with Crippen LogP contribution >= 0.6 is 0 Å². The third kappa shape index (κ3) is 4.20. The Morgan fingerprint density at radius 1 is 1.27 bits per heavy atom. The third-order valence-electron chi connectivity index (χ3n) is 6.40. The van der Waals surface area contributed by atoms with Crippen LogP contribution in [0.5, 0.6) is 6.01 Å². The fraction of sp³-hybridized carbons (Fsp3) is 0.700. The quantitative estimate of drug-likeness (QED) is 0.634. The summed E-state index contributed by atoms with van der Waals surface area (Å²) in [7, 11) is 2.11. The molecule has 10 heteroatoms. The number of nitrogens with two attached hydrogens (primary N) is 1. The molecule has 0 saturated carbocycles. The van der Waals surface area contributed by atoms with Gasteiger partial charge in [-0.25, -0.2) is 0 Å². The summed E-state index contributed by atoms with van der Waals surface area (Å²) in [6.45, 7) is 5.88. The van der Waals surface area contributed by atoms with Gasteiger partial charge in [0.15, 0.2) is 0 Å². The number of piperazine rings is 1. The van der Waals surface area contributed by atoms with Crippen molar-refractivity contribution < 1.29 is 14.3 Å². The van der Waals surface area contributed by atoms with Crippen LogP contribution in [0.4, 0.5) is 5.82 Å². The van der Waals surface area contributed by atoms with Crippen LogP contribution in [0.25, 0.3) is 0 Å². The molecule has 0 spiro atoms. The fourth-order valence-electron chi connectivity index (χ4n) is 4.55. The van der Waals surface area contributed by atoms with Crippen LogP contribution in [-0.2, 0) is 22.6 Å². The Bertz CT molecular complexity index is 818. The number of hydrogen-bond donors (Lipinski definition) is 2. The summed E-state index contributed by atoms with van der Waals surface area (Å²) in [5.74, 6) is 0.195. The Balaban J connectivity index is 1.62. The minimum absolute atomic E-state index is 0.0560. The molecule has 3 N–H and O–H groups in total. The number of likely N-dealkylation sites (N-methyl/N-ethyl adjacent to an activating group) is 1. The molecule has 3 aliphatic rings. The van der Waals surface area contributed by atoms with Crippen LogP contribution in [0.1, 0.15) is 31.0 Å². The Kier molecular flexibility index (Phi) is 6.05. The molecule has 1 aromatic rings. The predicted molar refractivity (Wildman–Crippen MR) is 111 cm³/mol. The molecule has 2 saturated heterocycles. The molecule has 0 aliphatic carbocycles. The zero-order valence-corrected chi connectivity index (χ0v) is 17.8. The number of carbonyl (C=O) groups is 2. The molecule has 2 atom stereocenters. The third-order valence-corrected chi connectivity index (χ3v) is 6.40. The van der Waals surface area contributed by atoms with Gasteiger partial charge in [-0.05, 0) is 39.4 Å². The summed E-state index contributed by atoms with van der Waals surface area (Å²) in [5, 5.41) is 3.34. The number of carbonyl (C=O) groups excluding carboxylic acids is 2. The molecule has 10 nitrogen and oxygen atoms in total. The van der Waals surface area contributed by atoms with E-state index in [0.29, 0.717) is 44.1 Å². The zero-order valence-electron chi connectivity index (χ0n) is 17.8. The van der Waals surface area contributed by atoms with Gasteiger partial charge in [-0.15, -0.1) is 0 Å². The number of likely N-dealkylation sites (tertiary alicyclic amines) is 1. The molecule has 30 heavy (non-hydrogen) atoms. The highest BCUT2D eigenvalue weighted by atomic mass is 16.5. The lowest BCUT2D eigenvalue weighted by atomic mass is 10.0. The largest absolute Gasteiger partial charge is 0.462 e. The van der Waals surface area contributed by atoms with Crippen molar-refractivity contribution in [3.05, 3.63) is 11.3 Å². The average molecular weight is 418 g/mol. The standard InChI is InChI=1S/C20H31N7O3/c1-13(28)26-8-9-27(17(11-26)18(21)29)19-15-5-6-22-10-16(15)23-20(24-19)30-12-14-4-3-7-25(14)2/h14,17,22H,3-12H2,1-2H3,(H2,21,29)/t14-,17?/m0/s1. The van der Waals surface area contributed by atoms with Crippen LogP contribution in [0, 0.1) is 0 Å². The van der Waals surface area contributed by atoms with Crippen molar-refractivity contribution in [3.8, 4) is 6.01 Å². The fourth-order valence-corrected chi connectivity index (χ4v) is 4.55. The summed E-state index contributed by atoms with van der Waals surface area (Å²) >= 11 is 0. The summed E-state index contributed by atoms with van der Waals surface area (Å²) in [5.41, 5.74) is 7.65. The van der Waals surface area contributed by atoms with Crippen LogP contribution in [0.2, 0.25) is 0 Å². The predicted octanol–water partition coefficient (Wildman–Crippen LogP) is -0.882. The van der Waals surface area contributed by atoms with E-state index in [-0.39, 0.29) is 12.5 Å². The molecule has 0 radical (unpaired) electrons. The van der Waals surface area contributed by atoms with Crippen molar-refractivity contribution in [2.45, 2.75) is 44.8 Å². The molecule has 2 fully saturated rings. The van der Waals surface area contributed by atoms with Gasteiger partial charge in [0.2, 0.25) is 11.8 Å². The molecular weight excluding hydrogens is 386 g/mol. The van der Waals surface area contributed by atoms with Crippen molar-refractivity contribution in [1.82, 2.24) is 25.1 Å². The highest BCUT2D eigenvalue weighted by Gasteiger charge is 2.35. The van der Waals surface area contributed by atoms with E-state index in [9.17, 15) is 9.59 Å². The Morgan fingerprint density at radius 3 is 2.80 bits per heavy atom. The number of aromatic nitrogens is 2. The van der Waals surface area contributed by atoms with Gasteiger partial charge in [0.25, 0.3) is 0 Å². The number of amides is 2. The number of rotatable bonds is 5. The number of anilines is 1. The van der Waals surface area contributed by atoms with E-state index in [0.717, 1.165) is 37.2 Å². The van der Waals surface area contributed by atoms with Crippen molar-refractivity contribution in [1.29, 1.82) is 0 Å². The first kappa shape index (κ1) is 20.8. The van der Waals surface area contributed by atoms with Gasteiger partial charge in [-0.2, -0.15) is 9.97 Å². The van der Waals surface area contributed by atoms with Gasteiger partial charge in [0.05, 0.1) is 12.2 Å². The number of hydrogen-bond acceptors (Lipinski definition) is 8. The van der Waals surface area contributed by atoms with Gasteiger partial charge in [0, 0.05) is 38.2 Å². The molecule has 164 valence electrons. The first-order chi connectivity index (χ1) is 14.4. The highest BCUT2D eigenvalue weighted by Crippen LogP contribution is 2.29. The van der Waals surface area contributed by atoms with Gasteiger partial charge >= 0.3 is 6.01 Å². The molecule has 1 aromatic heterocycles. The van der Waals surface area contributed by atoms with Gasteiger partial charge < -0.3 is 30.5 Å². The lowest BCUT2D eigenvalue weighted by molar-refractivity contribution is -0.130. The Morgan fingerprint density at radius 2 is 2.10 bits per heavy atom. The normalized spacial score (nSPS) is 24.6. The topological polar surface area (TPSA) is 117 Å². The van der Waals surface area contributed by atoms with Crippen LogP contribution < -0.4 is 20.7 Å². The van der Waals surface area contributed by atoms with E-state index < -0.39 is 11.9 Å². The lowest BCUT2D eigenvalue weighted by Crippen LogP contribution is -2.59. The van der Waals surface area contributed by atoms with E-state index in [1.54, 1.807) is 4.90 Å². The Labute approximate surface area is 176 Å². The molecule has 0 bridgehead atoms. The van der Waals surface area contributed by atoms with Gasteiger partial charge in [-0.3, -0.25) is 9.59 Å². The number of ether oxygens (including phenoxy) is 1. The second-order valence-electron chi connectivity index (χ2n) is 8.35. The SMILES string of the molecule is CC(=O)N1CCN(c2nc(OC[C@@H]3CCCN3C)nc3c2CCNC3)C(C(N)=O)C1. The smallest absolute Gasteiger partial charge is 0.318 e. The first-order valence-electron chi connectivity index (χ1n) is 10.7. The van der Waals surface area contributed by atoms with E-state index >= 15 is 0 Å². The minimum atomic E-state index is -0.620. The molecule has 4 heterocycles. The number of primary amides is 1. The second kappa shape index (κ2) is 8.73. The minimum Gasteiger partial charge on any atom is -0.462 e. The maximum Gasteiger partial charge on any atom is 0.318 e. The Hall–Kier alpha value is -2.46. The van der Waals surface area contributed by atoms with Crippen molar-refractivity contribution in [2.24, 2.45) is 5.73 Å². The second-order valence-corrected chi connectivity index (χ2v) is 8.35. The lowest BCUT2D eigenvalue weighted by Gasteiger charge is -2.41. The molecular formula is C20H31N7O3. The van der Waals surface area contributed by atoms with Crippen LogP contribution in [-0.4, -0.2) is 90.0 Å². The highest BCUT2D eigenvalue weighted by molar-refractivity contribution is 5.85. The molecule has 2 amide bonds. The summed E-state index contributed by atoms with van der Waals surface area (Å²) < 4.78 is 6.01. The summed E-state index contributed by atoms with van der Waals surface area (Å²) in [4.78, 5) is 39.3. The van der Waals surface area contributed by atoms with E-state index in [1.807, 2.05) is 4.90 Å². The van der Waals surface area contributed by atoms with Gasteiger partial charge in [0.1, 0.15) is 18.5 Å². The van der Waals surface area contributed by atoms with Crippen molar-refractivity contribution in [2.75, 3.05) is 51.3 Å². The summed E-state index contributed by atoms with van der Waals surface area (Å²) in [6, 6.07) is 0.0824.